The largest absolute Gasteiger partial charge is 0.444 e. The van der Waals surface area contributed by atoms with E-state index in [9.17, 15) is 9.59 Å². The second-order valence-electron chi connectivity index (χ2n) is 8.71. The van der Waals surface area contributed by atoms with Gasteiger partial charge in [0.25, 0.3) is 5.91 Å². The van der Waals surface area contributed by atoms with Crippen molar-refractivity contribution in [2.24, 2.45) is 0 Å². The Morgan fingerprint density at radius 3 is 2.36 bits per heavy atom. The van der Waals surface area contributed by atoms with Crippen molar-refractivity contribution >= 4 is 34.2 Å². The summed E-state index contributed by atoms with van der Waals surface area (Å²) >= 11 is 1.37. The second-order valence-corrected chi connectivity index (χ2v) is 9.57. The molecule has 0 spiro atoms. The zero-order valence-electron chi connectivity index (χ0n) is 18.9. The van der Waals surface area contributed by atoms with Gasteiger partial charge in [0, 0.05) is 49.0 Å². The molecule has 1 aliphatic rings. The Hall–Kier alpha value is -3.46. The first-order chi connectivity index (χ1) is 15.8. The van der Waals surface area contributed by atoms with E-state index in [-0.39, 0.29) is 12.0 Å². The second kappa shape index (κ2) is 9.58. The molecular formula is C24H27N5O3S. The summed E-state index contributed by atoms with van der Waals surface area (Å²) in [7, 11) is 0. The topological polar surface area (TPSA) is 87.7 Å². The van der Waals surface area contributed by atoms with E-state index < -0.39 is 5.60 Å². The van der Waals surface area contributed by atoms with Gasteiger partial charge in [0.1, 0.15) is 11.3 Å². The van der Waals surface area contributed by atoms with E-state index in [4.69, 9.17) is 4.74 Å². The normalized spacial score (nSPS) is 14.2. The van der Waals surface area contributed by atoms with Gasteiger partial charge in [0.15, 0.2) is 5.13 Å². The maximum atomic E-state index is 12.6. The van der Waals surface area contributed by atoms with Gasteiger partial charge in [-0.25, -0.2) is 9.78 Å². The Morgan fingerprint density at radius 1 is 1.00 bits per heavy atom. The Bertz CT molecular complexity index is 1100. The average Bonchev–Trinajstić information content (AvgIpc) is 3.27. The lowest BCUT2D eigenvalue weighted by molar-refractivity contribution is 0.0240. The highest BCUT2D eigenvalue weighted by molar-refractivity contribution is 7.14. The average molecular weight is 466 g/mol. The first-order valence-electron chi connectivity index (χ1n) is 10.8. The fourth-order valence-electron chi connectivity index (χ4n) is 3.43. The number of ether oxygens (including phenoxy) is 1. The van der Waals surface area contributed by atoms with Crippen LogP contribution in [0.5, 0.6) is 0 Å². The van der Waals surface area contributed by atoms with Crippen molar-refractivity contribution in [3.63, 3.8) is 0 Å². The Morgan fingerprint density at radius 2 is 1.73 bits per heavy atom. The van der Waals surface area contributed by atoms with Crippen LogP contribution in [0.25, 0.3) is 11.4 Å². The molecule has 8 nitrogen and oxygen atoms in total. The van der Waals surface area contributed by atoms with Crippen LogP contribution in [0.3, 0.4) is 0 Å². The van der Waals surface area contributed by atoms with Crippen molar-refractivity contribution in [1.29, 1.82) is 0 Å². The molecule has 0 bridgehead atoms. The van der Waals surface area contributed by atoms with E-state index >= 15 is 0 Å². The van der Waals surface area contributed by atoms with Crippen LogP contribution in [0.1, 0.15) is 31.1 Å². The summed E-state index contributed by atoms with van der Waals surface area (Å²) in [5, 5.41) is 5.26. The Balaban J connectivity index is 1.32. The van der Waals surface area contributed by atoms with Gasteiger partial charge in [-0.1, -0.05) is 6.07 Å². The number of benzene rings is 1. The summed E-state index contributed by atoms with van der Waals surface area (Å²) in [5.74, 6) is -0.210. The quantitative estimate of drug-likeness (QED) is 0.610. The molecule has 33 heavy (non-hydrogen) atoms. The molecule has 1 N–H and O–H groups in total. The molecule has 0 atom stereocenters. The number of nitrogens with one attached hydrogen (secondary N) is 1. The van der Waals surface area contributed by atoms with E-state index in [0.717, 1.165) is 17.1 Å². The number of nitrogens with zero attached hydrogens (tertiary/aromatic N) is 4. The number of hydrogen-bond donors (Lipinski definition) is 1. The number of aromatic nitrogens is 2. The number of thiazole rings is 1. The molecule has 0 radical (unpaired) electrons. The predicted molar refractivity (Wildman–Crippen MR) is 130 cm³/mol. The fraction of sp³-hybridized carbons (Fsp3) is 0.333. The third kappa shape index (κ3) is 5.87. The number of piperazine rings is 1. The Labute approximate surface area is 197 Å². The van der Waals surface area contributed by atoms with Crippen molar-refractivity contribution in [3.05, 3.63) is 59.6 Å². The van der Waals surface area contributed by atoms with Crippen molar-refractivity contribution in [1.82, 2.24) is 14.9 Å². The van der Waals surface area contributed by atoms with Crippen LogP contribution in [0, 0.1) is 0 Å². The van der Waals surface area contributed by atoms with Crippen molar-refractivity contribution < 1.29 is 14.3 Å². The number of anilines is 2. The number of rotatable bonds is 4. The molecule has 2 aromatic heterocycles. The van der Waals surface area contributed by atoms with Gasteiger partial charge in [0.2, 0.25) is 0 Å². The third-order valence-electron chi connectivity index (χ3n) is 5.08. The molecule has 3 aromatic rings. The number of carbonyl (C=O) groups is 2. The summed E-state index contributed by atoms with van der Waals surface area (Å²) in [6.07, 6.45) is 1.44. The van der Waals surface area contributed by atoms with Gasteiger partial charge >= 0.3 is 6.09 Å². The molecule has 3 heterocycles. The SMILES string of the molecule is CC(C)(C)OC(=O)N1CCN(c2ccc(C(=O)Nc3nc(-c4ccccn4)cs3)cc2)CC1. The van der Waals surface area contributed by atoms with E-state index in [1.807, 2.05) is 56.5 Å². The molecule has 0 aliphatic carbocycles. The van der Waals surface area contributed by atoms with Crippen LogP contribution >= 0.6 is 11.3 Å². The molecule has 4 rings (SSSR count). The fourth-order valence-corrected chi connectivity index (χ4v) is 4.13. The maximum Gasteiger partial charge on any atom is 0.410 e. The molecule has 1 fully saturated rings. The summed E-state index contributed by atoms with van der Waals surface area (Å²) < 4.78 is 5.45. The van der Waals surface area contributed by atoms with Crippen LogP contribution in [-0.4, -0.2) is 58.6 Å². The molecule has 0 saturated carbocycles. The van der Waals surface area contributed by atoms with E-state index in [1.165, 1.54) is 11.3 Å². The molecule has 1 saturated heterocycles. The van der Waals surface area contributed by atoms with E-state index in [0.29, 0.717) is 36.9 Å². The maximum absolute atomic E-state index is 12.6. The van der Waals surface area contributed by atoms with E-state index in [1.54, 1.807) is 23.2 Å². The minimum absolute atomic E-state index is 0.210. The lowest BCUT2D eigenvalue weighted by atomic mass is 10.1. The smallest absolute Gasteiger partial charge is 0.410 e. The van der Waals surface area contributed by atoms with Crippen LogP contribution in [-0.2, 0) is 4.74 Å². The third-order valence-corrected chi connectivity index (χ3v) is 5.84. The zero-order valence-corrected chi connectivity index (χ0v) is 19.8. The monoisotopic (exact) mass is 465 g/mol. The lowest BCUT2D eigenvalue weighted by Crippen LogP contribution is -2.50. The summed E-state index contributed by atoms with van der Waals surface area (Å²) in [6.45, 7) is 8.21. The Kier molecular flexibility index (Phi) is 6.60. The molecule has 1 aromatic carbocycles. The highest BCUT2D eigenvalue weighted by Crippen LogP contribution is 2.24. The van der Waals surface area contributed by atoms with Gasteiger partial charge in [-0.2, -0.15) is 0 Å². The predicted octanol–water partition coefficient (Wildman–Crippen LogP) is 4.51. The van der Waals surface area contributed by atoms with Crippen LogP contribution in [0.15, 0.2) is 54.0 Å². The van der Waals surface area contributed by atoms with Gasteiger partial charge in [-0.05, 0) is 57.2 Å². The van der Waals surface area contributed by atoms with Gasteiger partial charge in [-0.15, -0.1) is 11.3 Å². The highest BCUT2D eigenvalue weighted by atomic mass is 32.1. The van der Waals surface area contributed by atoms with Crippen LogP contribution < -0.4 is 10.2 Å². The van der Waals surface area contributed by atoms with Crippen molar-refractivity contribution in [2.45, 2.75) is 26.4 Å². The summed E-state index contributed by atoms with van der Waals surface area (Å²) in [6, 6.07) is 13.1. The molecular weight excluding hydrogens is 438 g/mol. The summed E-state index contributed by atoms with van der Waals surface area (Å²) in [5.41, 5.74) is 2.58. The zero-order chi connectivity index (χ0) is 23.4. The van der Waals surface area contributed by atoms with Gasteiger partial charge in [0.05, 0.1) is 5.69 Å². The molecule has 0 unspecified atom stereocenters. The lowest BCUT2D eigenvalue weighted by Gasteiger charge is -2.36. The number of pyridine rings is 1. The van der Waals surface area contributed by atoms with Crippen LogP contribution in [0.2, 0.25) is 0 Å². The first kappa shape index (κ1) is 22.7. The molecule has 1 aliphatic heterocycles. The highest BCUT2D eigenvalue weighted by Gasteiger charge is 2.26. The van der Waals surface area contributed by atoms with Gasteiger partial charge in [-0.3, -0.25) is 15.1 Å². The van der Waals surface area contributed by atoms with Gasteiger partial charge < -0.3 is 14.5 Å². The van der Waals surface area contributed by atoms with Crippen molar-refractivity contribution in [3.8, 4) is 11.4 Å². The first-order valence-corrected chi connectivity index (χ1v) is 11.7. The minimum atomic E-state index is -0.497. The molecule has 9 heteroatoms. The number of carbonyl (C=O) groups excluding carboxylic acids is 2. The number of hydrogen-bond acceptors (Lipinski definition) is 7. The minimum Gasteiger partial charge on any atom is -0.444 e. The number of amides is 2. The molecule has 2 amide bonds. The summed E-state index contributed by atoms with van der Waals surface area (Å²) in [4.78, 5) is 37.6. The molecule has 172 valence electrons. The standard InChI is InChI=1S/C24H27N5O3S/c1-24(2,3)32-23(31)29-14-12-28(13-15-29)18-9-7-17(8-10-18)21(30)27-22-26-20(16-33-22)19-6-4-5-11-25-19/h4-11,16H,12-15H2,1-3H3,(H,26,27,30). The van der Waals surface area contributed by atoms with Crippen molar-refractivity contribution in [2.75, 3.05) is 36.4 Å². The van der Waals surface area contributed by atoms with E-state index in [2.05, 4.69) is 20.2 Å². The van der Waals surface area contributed by atoms with Crippen LogP contribution in [0.4, 0.5) is 15.6 Å².